The van der Waals surface area contributed by atoms with E-state index < -0.39 is 0 Å². The molecule has 0 amide bonds. The van der Waals surface area contributed by atoms with Gasteiger partial charge in [-0.2, -0.15) is 5.10 Å². The van der Waals surface area contributed by atoms with Crippen molar-refractivity contribution in [3.8, 4) is 0 Å². The first-order chi connectivity index (χ1) is 7.29. The van der Waals surface area contributed by atoms with E-state index in [0.29, 0.717) is 5.69 Å². The van der Waals surface area contributed by atoms with Gasteiger partial charge in [-0.25, -0.2) is 0 Å². The van der Waals surface area contributed by atoms with Crippen LogP contribution < -0.4 is 6.15 Å². The second-order valence-electron chi connectivity index (χ2n) is 3.47. The Hall–Kier alpha value is -1.94. The molecule has 1 aromatic heterocycles. The molecule has 4 nitrogen and oxygen atoms in total. The molecule has 2 rings (SSSR count). The minimum atomic E-state index is -0.133. The van der Waals surface area contributed by atoms with Gasteiger partial charge in [-0.15, -0.1) is 0 Å². The van der Waals surface area contributed by atoms with Crippen molar-refractivity contribution in [2.45, 2.75) is 12.8 Å². The first-order valence-corrected chi connectivity index (χ1v) is 4.87. The van der Waals surface area contributed by atoms with Crippen molar-refractivity contribution in [3.05, 3.63) is 53.9 Å². The number of carbonyl (C=O) groups excluding carboxylic acids is 1. The Labute approximate surface area is 94.3 Å². The summed E-state index contributed by atoms with van der Waals surface area (Å²) >= 11 is 0. The van der Waals surface area contributed by atoms with Gasteiger partial charge in [0.2, 0.25) is 0 Å². The third kappa shape index (κ3) is 2.35. The zero-order valence-corrected chi connectivity index (χ0v) is 9.18. The van der Waals surface area contributed by atoms with Crippen molar-refractivity contribution in [1.29, 1.82) is 0 Å². The molecular formula is C12H15N3O. The number of hydrogen-bond acceptors (Lipinski definition) is 3. The maximum absolute atomic E-state index is 11.9. The first-order valence-electron chi connectivity index (χ1n) is 4.87. The Balaban J connectivity index is 0.00000128. The summed E-state index contributed by atoms with van der Waals surface area (Å²) in [5.74, 6) is -0.0645. The van der Waals surface area contributed by atoms with Gasteiger partial charge >= 0.3 is 0 Å². The number of Topliss-reactive ketones (excluding diaryl/α,β-unsaturated/α-hetero) is 1. The van der Waals surface area contributed by atoms with Gasteiger partial charge in [0.25, 0.3) is 0 Å². The number of H-pyrrole nitrogens is 1. The predicted octanol–water partition coefficient (Wildman–Crippen LogP) is 2.56. The topological polar surface area (TPSA) is 80.8 Å². The maximum atomic E-state index is 11.9. The van der Waals surface area contributed by atoms with Crippen LogP contribution in [-0.4, -0.2) is 16.0 Å². The highest BCUT2D eigenvalue weighted by molar-refractivity contribution is 5.98. The van der Waals surface area contributed by atoms with Gasteiger partial charge in [0.1, 0.15) is 5.69 Å². The molecule has 2 aromatic rings. The SMILES string of the molecule is CC(C(=O)c1ccn[nH]1)c1ccccc1.N. The molecule has 84 valence electrons. The molecule has 1 heterocycles. The average molecular weight is 217 g/mol. The average Bonchev–Trinajstić information content (AvgIpc) is 2.82. The molecule has 0 spiro atoms. The number of hydrogen-bond donors (Lipinski definition) is 2. The van der Waals surface area contributed by atoms with Crippen LogP contribution in [0.5, 0.6) is 0 Å². The predicted molar refractivity (Wildman–Crippen MR) is 62.8 cm³/mol. The standard InChI is InChI=1S/C12H12N2O.H3N/c1-9(10-5-3-2-4-6-10)12(15)11-7-8-13-14-11;/h2-9H,1H3,(H,13,14);1H3. The summed E-state index contributed by atoms with van der Waals surface area (Å²) in [7, 11) is 0. The van der Waals surface area contributed by atoms with Crippen LogP contribution in [-0.2, 0) is 0 Å². The van der Waals surface area contributed by atoms with E-state index in [-0.39, 0.29) is 17.9 Å². The van der Waals surface area contributed by atoms with Gasteiger partial charge < -0.3 is 6.15 Å². The van der Waals surface area contributed by atoms with Crippen LogP contribution in [0, 0.1) is 0 Å². The van der Waals surface area contributed by atoms with Crippen molar-refractivity contribution in [2.75, 3.05) is 0 Å². The summed E-state index contributed by atoms with van der Waals surface area (Å²) in [5.41, 5.74) is 1.59. The summed E-state index contributed by atoms with van der Waals surface area (Å²) in [5, 5.41) is 6.46. The summed E-state index contributed by atoms with van der Waals surface area (Å²) in [4.78, 5) is 11.9. The molecule has 1 aromatic carbocycles. The number of ketones is 1. The molecule has 0 bridgehead atoms. The van der Waals surface area contributed by atoms with E-state index in [4.69, 9.17) is 0 Å². The number of carbonyl (C=O) groups is 1. The van der Waals surface area contributed by atoms with E-state index in [9.17, 15) is 4.79 Å². The summed E-state index contributed by atoms with van der Waals surface area (Å²) in [6.45, 7) is 1.90. The molecule has 0 aliphatic heterocycles. The van der Waals surface area contributed by atoms with Gasteiger partial charge in [-0.1, -0.05) is 37.3 Å². The van der Waals surface area contributed by atoms with Crippen molar-refractivity contribution in [2.24, 2.45) is 0 Å². The summed E-state index contributed by atoms with van der Waals surface area (Å²) < 4.78 is 0. The Morgan fingerprint density at radius 1 is 1.25 bits per heavy atom. The fourth-order valence-corrected chi connectivity index (χ4v) is 1.52. The molecule has 1 atom stereocenters. The molecule has 0 saturated carbocycles. The summed E-state index contributed by atoms with van der Waals surface area (Å²) in [6, 6.07) is 11.4. The Bertz CT molecular complexity index is 437. The fourth-order valence-electron chi connectivity index (χ4n) is 1.52. The highest BCUT2D eigenvalue weighted by Gasteiger charge is 2.17. The van der Waals surface area contributed by atoms with Crippen molar-refractivity contribution >= 4 is 5.78 Å². The number of rotatable bonds is 3. The second-order valence-corrected chi connectivity index (χ2v) is 3.47. The highest BCUT2D eigenvalue weighted by atomic mass is 16.1. The van der Waals surface area contributed by atoms with E-state index in [0.717, 1.165) is 5.56 Å². The third-order valence-corrected chi connectivity index (χ3v) is 2.46. The van der Waals surface area contributed by atoms with Crippen molar-refractivity contribution < 1.29 is 4.79 Å². The minimum absolute atomic E-state index is 0. The monoisotopic (exact) mass is 217 g/mol. The number of benzene rings is 1. The van der Waals surface area contributed by atoms with Gasteiger partial charge in [-0.05, 0) is 11.6 Å². The lowest BCUT2D eigenvalue weighted by molar-refractivity contribution is 0.0961. The Morgan fingerprint density at radius 3 is 2.50 bits per heavy atom. The van der Waals surface area contributed by atoms with E-state index >= 15 is 0 Å². The van der Waals surface area contributed by atoms with Crippen LogP contribution in [0.25, 0.3) is 0 Å². The number of aromatic nitrogens is 2. The van der Waals surface area contributed by atoms with Crippen LogP contribution in [0.15, 0.2) is 42.6 Å². The molecule has 16 heavy (non-hydrogen) atoms. The zero-order chi connectivity index (χ0) is 10.7. The van der Waals surface area contributed by atoms with Crippen LogP contribution >= 0.6 is 0 Å². The molecule has 1 unspecified atom stereocenters. The van der Waals surface area contributed by atoms with E-state index in [1.165, 1.54) is 0 Å². The zero-order valence-electron chi connectivity index (χ0n) is 9.18. The summed E-state index contributed by atoms with van der Waals surface area (Å²) in [6.07, 6.45) is 1.59. The van der Waals surface area contributed by atoms with Crippen LogP contribution in [0.2, 0.25) is 0 Å². The van der Waals surface area contributed by atoms with Gasteiger partial charge in [0.15, 0.2) is 5.78 Å². The van der Waals surface area contributed by atoms with Gasteiger partial charge in [-0.3, -0.25) is 9.89 Å². The molecule has 4 heteroatoms. The molecule has 0 fully saturated rings. The Morgan fingerprint density at radius 2 is 1.94 bits per heavy atom. The molecule has 0 aliphatic rings. The molecule has 4 N–H and O–H groups in total. The molecule has 0 saturated heterocycles. The van der Waals surface area contributed by atoms with Crippen LogP contribution in [0.4, 0.5) is 0 Å². The molecule has 0 radical (unpaired) electrons. The number of nitrogens with one attached hydrogen (secondary N) is 1. The van der Waals surface area contributed by atoms with Gasteiger partial charge in [0, 0.05) is 12.1 Å². The van der Waals surface area contributed by atoms with E-state index in [1.807, 2.05) is 37.3 Å². The largest absolute Gasteiger partial charge is 0.344 e. The van der Waals surface area contributed by atoms with Crippen molar-refractivity contribution in [1.82, 2.24) is 16.3 Å². The Kier molecular flexibility index (Phi) is 3.96. The normalized spacial score (nSPS) is 11.6. The van der Waals surface area contributed by atoms with E-state index in [2.05, 4.69) is 10.2 Å². The lowest BCUT2D eigenvalue weighted by atomic mass is 9.95. The third-order valence-electron chi connectivity index (χ3n) is 2.46. The second kappa shape index (κ2) is 5.23. The lowest BCUT2D eigenvalue weighted by Gasteiger charge is -2.08. The van der Waals surface area contributed by atoms with Crippen LogP contribution in [0.3, 0.4) is 0 Å². The van der Waals surface area contributed by atoms with Crippen LogP contribution in [0.1, 0.15) is 28.9 Å². The number of aromatic amines is 1. The maximum Gasteiger partial charge on any atom is 0.187 e. The van der Waals surface area contributed by atoms with Gasteiger partial charge in [0.05, 0.1) is 0 Å². The first kappa shape index (κ1) is 12.1. The lowest BCUT2D eigenvalue weighted by Crippen LogP contribution is -2.09. The van der Waals surface area contributed by atoms with E-state index in [1.54, 1.807) is 12.3 Å². The van der Waals surface area contributed by atoms with Crippen molar-refractivity contribution in [3.63, 3.8) is 0 Å². The fraction of sp³-hybridized carbons (Fsp3) is 0.167. The molecular weight excluding hydrogens is 202 g/mol. The number of nitrogens with zero attached hydrogens (tertiary/aromatic N) is 1. The highest BCUT2D eigenvalue weighted by Crippen LogP contribution is 2.18. The minimum Gasteiger partial charge on any atom is -0.344 e. The molecule has 0 aliphatic carbocycles. The smallest absolute Gasteiger partial charge is 0.187 e. The quantitative estimate of drug-likeness (QED) is 0.775.